The summed E-state index contributed by atoms with van der Waals surface area (Å²) in [5.74, 6) is -0.731. The van der Waals surface area contributed by atoms with Crippen molar-refractivity contribution in [1.29, 1.82) is 0 Å². The molecular weight excluding hydrogens is 260 g/mol. The molecule has 2 rings (SSSR count). The zero-order valence-corrected chi connectivity index (χ0v) is 11.2. The summed E-state index contributed by atoms with van der Waals surface area (Å²) in [5, 5.41) is 13.0. The summed E-state index contributed by atoms with van der Waals surface area (Å²) in [6, 6.07) is 12.2. The fourth-order valence-corrected chi connectivity index (χ4v) is 2.04. The van der Waals surface area contributed by atoms with Crippen molar-refractivity contribution in [2.75, 3.05) is 6.54 Å². The molecule has 1 unspecified atom stereocenters. The second kappa shape index (κ2) is 6.59. The van der Waals surface area contributed by atoms with E-state index in [2.05, 4.69) is 5.32 Å². The van der Waals surface area contributed by atoms with Gasteiger partial charge in [-0.05, 0) is 30.7 Å². The smallest absolute Gasteiger partial charge is 0.129 e. The van der Waals surface area contributed by atoms with Crippen LogP contribution >= 0.6 is 0 Å². The van der Waals surface area contributed by atoms with Crippen molar-refractivity contribution in [3.63, 3.8) is 0 Å². The van der Waals surface area contributed by atoms with Crippen molar-refractivity contribution >= 4 is 0 Å². The molecule has 0 radical (unpaired) electrons. The van der Waals surface area contributed by atoms with E-state index >= 15 is 0 Å². The molecule has 106 valence electrons. The highest BCUT2D eigenvalue weighted by Gasteiger charge is 2.14. The monoisotopic (exact) mass is 277 g/mol. The van der Waals surface area contributed by atoms with E-state index < -0.39 is 11.9 Å². The molecule has 2 N–H and O–H groups in total. The van der Waals surface area contributed by atoms with E-state index in [-0.39, 0.29) is 24.0 Å². The van der Waals surface area contributed by atoms with Crippen LogP contribution in [0.2, 0.25) is 0 Å². The number of nitrogens with one attached hydrogen (secondary N) is 1. The molecule has 2 nitrogen and oxygen atoms in total. The van der Waals surface area contributed by atoms with Crippen molar-refractivity contribution in [1.82, 2.24) is 5.32 Å². The maximum atomic E-state index is 13.5. The normalized spacial score (nSPS) is 14.0. The molecule has 0 saturated carbocycles. The first-order valence-electron chi connectivity index (χ1n) is 6.49. The van der Waals surface area contributed by atoms with Crippen LogP contribution in [-0.4, -0.2) is 11.7 Å². The maximum absolute atomic E-state index is 13.5. The standard InChI is InChI=1S/C16H17F2NO/c1-11(12-5-4-6-13(17)9-12)19-10-16(20)14-7-2-3-8-15(14)18/h2-9,11,16,19-20H,10H2,1H3/t11-,16?/m0/s1. The average Bonchev–Trinajstić information content (AvgIpc) is 2.45. The number of halogens is 2. The summed E-state index contributed by atoms with van der Waals surface area (Å²) < 4.78 is 26.6. The van der Waals surface area contributed by atoms with Crippen molar-refractivity contribution in [3.05, 3.63) is 71.3 Å². The van der Waals surface area contributed by atoms with Gasteiger partial charge in [0.1, 0.15) is 11.6 Å². The predicted octanol–water partition coefficient (Wildman–Crippen LogP) is 3.35. The zero-order chi connectivity index (χ0) is 14.5. The summed E-state index contributed by atoms with van der Waals surface area (Å²) >= 11 is 0. The molecule has 20 heavy (non-hydrogen) atoms. The van der Waals surface area contributed by atoms with Crippen molar-refractivity contribution in [2.24, 2.45) is 0 Å². The molecule has 4 heteroatoms. The number of rotatable bonds is 5. The van der Waals surface area contributed by atoms with Crippen LogP contribution in [0.4, 0.5) is 8.78 Å². The highest BCUT2D eigenvalue weighted by Crippen LogP contribution is 2.18. The third-order valence-corrected chi connectivity index (χ3v) is 3.23. The minimum Gasteiger partial charge on any atom is -0.387 e. The van der Waals surface area contributed by atoms with E-state index in [0.29, 0.717) is 0 Å². The lowest BCUT2D eigenvalue weighted by Gasteiger charge is -2.18. The molecule has 0 heterocycles. The van der Waals surface area contributed by atoms with Gasteiger partial charge in [-0.25, -0.2) is 8.78 Å². The Morgan fingerprint density at radius 2 is 1.85 bits per heavy atom. The van der Waals surface area contributed by atoms with Gasteiger partial charge in [0.25, 0.3) is 0 Å². The summed E-state index contributed by atoms with van der Waals surface area (Å²) in [6.45, 7) is 2.06. The van der Waals surface area contributed by atoms with E-state index in [1.807, 2.05) is 6.92 Å². The Morgan fingerprint density at radius 1 is 1.10 bits per heavy atom. The molecule has 0 fully saturated rings. The lowest BCUT2D eigenvalue weighted by molar-refractivity contribution is 0.166. The van der Waals surface area contributed by atoms with Gasteiger partial charge in [0.05, 0.1) is 6.10 Å². The molecule has 2 atom stereocenters. The van der Waals surface area contributed by atoms with Gasteiger partial charge < -0.3 is 10.4 Å². The minimum atomic E-state index is -0.938. The van der Waals surface area contributed by atoms with Crippen LogP contribution in [0.25, 0.3) is 0 Å². The summed E-state index contributed by atoms with van der Waals surface area (Å²) in [5.41, 5.74) is 1.04. The first-order chi connectivity index (χ1) is 9.58. The zero-order valence-electron chi connectivity index (χ0n) is 11.2. The van der Waals surface area contributed by atoms with E-state index in [1.165, 1.54) is 18.2 Å². The minimum absolute atomic E-state index is 0.132. The van der Waals surface area contributed by atoms with Crippen LogP contribution in [0.1, 0.15) is 30.2 Å². The van der Waals surface area contributed by atoms with Gasteiger partial charge in [0.15, 0.2) is 0 Å². The van der Waals surface area contributed by atoms with Crippen LogP contribution in [0.3, 0.4) is 0 Å². The fourth-order valence-electron chi connectivity index (χ4n) is 2.04. The topological polar surface area (TPSA) is 32.3 Å². The van der Waals surface area contributed by atoms with E-state index in [0.717, 1.165) is 5.56 Å². The second-order valence-electron chi connectivity index (χ2n) is 4.72. The Kier molecular flexibility index (Phi) is 4.82. The van der Waals surface area contributed by atoms with Crippen LogP contribution in [0, 0.1) is 11.6 Å². The largest absolute Gasteiger partial charge is 0.387 e. The Morgan fingerprint density at radius 3 is 2.55 bits per heavy atom. The molecule has 0 aromatic heterocycles. The molecule has 0 aliphatic rings. The van der Waals surface area contributed by atoms with Gasteiger partial charge >= 0.3 is 0 Å². The second-order valence-corrected chi connectivity index (χ2v) is 4.72. The van der Waals surface area contributed by atoms with Crippen molar-refractivity contribution < 1.29 is 13.9 Å². The molecule has 0 aliphatic carbocycles. The quantitative estimate of drug-likeness (QED) is 0.878. The van der Waals surface area contributed by atoms with Gasteiger partial charge in [-0.2, -0.15) is 0 Å². The molecule has 0 aliphatic heterocycles. The summed E-state index contributed by atoms with van der Waals surface area (Å²) in [4.78, 5) is 0. The third-order valence-electron chi connectivity index (χ3n) is 3.23. The highest BCUT2D eigenvalue weighted by atomic mass is 19.1. The molecule has 0 bridgehead atoms. The average molecular weight is 277 g/mol. The lowest BCUT2D eigenvalue weighted by atomic mass is 10.1. The van der Waals surface area contributed by atoms with Crippen molar-refractivity contribution in [2.45, 2.75) is 19.1 Å². The number of aliphatic hydroxyl groups is 1. The predicted molar refractivity (Wildman–Crippen MR) is 74.2 cm³/mol. The Bertz CT molecular complexity index is 574. The van der Waals surface area contributed by atoms with E-state index in [4.69, 9.17) is 0 Å². The molecule has 2 aromatic carbocycles. The first kappa shape index (κ1) is 14.6. The van der Waals surface area contributed by atoms with Gasteiger partial charge in [0.2, 0.25) is 0 Å². The van der Waals surface area contributed by atoms with E-state index in [1.54, 1.807) is 30.3 Å². The van der Waals surface area contributed by atoms with Crippen LogP contribution in [0.5, 0.6) is 0 Å². The highest BCUT2D eigenvalue weighted by molar-refractivity contribution is 5.21. The van der Waals surface area contributed by atoms with Gasteiger partial charge in [-0.3, -0.25) is 0 Å². The van der Waals surface area contributed by atoms with Crippen LogP contribution in [-0.2, 0) is 0 Å². The van der Waals surface area contributed by atoms with Gasteiger partial charge in [0, 0.05) is 18.2 Å². The SMILES string of the molecule is C[C@H](NCC(O)c1ccccc1F)c1cccc(F)c1. The molecule has 0 saturated heterocycles. The number of benzene rings is 2. The van der Waals surface area contributed by atoms with Crippen LogP contribution in [0.15, 0.2) is 48.5 Å². The fraction of sp³-hybridized carbons (Fsp3) is 0.250. The molecule has 0 spiro atoms. The third kappa shape index (κ3) is 3.62. The number of hydrogen-bond acceptors (Lipinski definition) is 2. The summed E-state index contributed by atoms with van der Waals surface area (Å²) in [6.07, 6.45) is -0.938. The van der Waals surface area contributed by atoms with E-state index in [9.17, 15) is 13.9 Å². The maximum Gasteiger partial charge on any atom is 0.129 e. The number of hydrogen-bond donors (Lipinski definition) is 2. The van der Waals surface area contributed by atoms with Gasteiger partial charge in [-0.15, -0.1) is 0 Å². The molecular formula is C16H17F2NO. The lowest BCUT2D eigenvalue weighted by Crippen LogP contribution is -2.25. The molecule has 0 amide bonds. The van der Waals surface area contributed by atoms with Crippen molar-refractivity contribution in [3.8, 4) is 0 Å². The Balaban J connectivity index is 1.97. The van der Waals surface area contributed by atoms with Gasteiger partial charge in [-0.1, -0.05) is 30.3 Å². The first-order valence-corrected chi connectivity index (χ1v) is 6.49. The molecule has 2 aromatic rings. The Labute approximate surface area is 117 Å². The Hall–Kier alpha value is -1.78. The summed E-state index contributed by atoms with van der Waals surface area (Å²) in [7, 11) is 0. The van der Waals surface area contributed by atoms with Crippen LogP contribution < -0.4 is 5.32 Å². The number of aliphatic hydroxyl groups excluding tert-OH is 1.